The molecule has 2 aromatic carbocycles. The number of alkyl halides is 3. The highest BCUT2D eigenvalue weighted by Crippen LogP contribution is 2.29. The second-order valence-corrected chi connectivity index (χ2v) is 4.94. The van der Waals surface area contributed by atoms with Crippen LogP contribution in [-0.2, 0) is 12.7 Å². The molecule has 5 nitrogen and oxygen atoms in total. The molecular weight excluding hydrogens is 323 g/mol. The maximum absolute atomic E-state index is 12.5. The van der Waals surface area contributed by atoms with Crippen LogP contribution in [0.15, 0.2) is 48.5 Å². The number of primary amides is 1. The molecule has 8 heteroatoms. The summed E-state index contributed by atoms with van der Waals surface area (Å²) in [5, 5.41) is 4.96. The Balaban J connectivity index is 1.94. The minimum Gasteiger partial charge on any atom is -0.351 e. The second-order valence-electron chi connectivity index (χ2n) is 4.94. The van der Waals surface area contributed by atoms with Crippen LogP contribution in [0.25, 0.3) is 0 Å². The van der Waals surface area contributed by atoms with E-state index in [4.69, 9.17) is 5.73 Å². The molecule has 0 aromatic heterocycles. The van der Waals surface area contributed by atoms with Gasteiger partial charge in [-0.3, -0.25) is 4.79 Å². The summed E-state index contributed by atoms with van der Waals surface area (Å²) in [7, 11) is 0. The van der Waals surface area contributed by atoms with Crippen molar-refractivity contribution in [3.05, 3.63) is 65.2 Å². The van der Waals surface area contributed by atoms with Gasteiger partial charge in [-0.25, -0.2) is 4.79 Å². The molecule has 3 amide bonds. The van der Waals surface area contributed by atoms with Gasteiger partial charge in [0.2, 0.25) is 0 Å². The van der Waals surface area contributed by atoms with E-state index < -0.39 is 17.8 Å². The Morgan fingerprint density at radius 1 is 0.958 bits per heavy atom. The minimum absolute atomic E-state index is 0.0955. The van der Waals surface area contributed by atoms with E-state index in [0.717, 1.165) is 12.1 Å². The summed E-state index contributed by atoms with van der Waals surface area (Å²) in [6.07, 6.45) is -4.39. The first kappa shape index (κ1) is 17.3. The number of anilines is 1. The number of halogens is 3. The average molecular weight is 337 g/mol. The smallest absolute Gasteiger partial charge is 0.351 e. The molecule has 4 N–H and O–H groups in total. The zero-order chi connectivity index (χ0) is 17.7. The molecule has 0 unspecified atom stereocenters. The summed E-state index contributed by atoms with van der Waals surface area (Å²) in [6.45, 7) is 0.0955. The number of carbonyl (C=O) groups is 2. The number of nitrogens with two attached hydrogens (primary N) is 1. The normalized spacial score (nSPS) is 11.0. The van der Waals surface area contributed by atoms with E-state index in [2.05, 4.69) is 10.6 Å². The first-order valence-electron chi connectivity index (χ1n) is 6.86. The van der Waals surface area contributed by atoms with Crippen molar-refractivity contribution in [1.82, 2.24) is 5.32 Å². The third kappa shape index (κ3) is 4.73. The SMILES string of the molecule is NC(=O)Nc1ccc(C(=O)NCc2ccc(C(F)(F)F)cc2)cc1. The molecule has 0 spiro atoms. The van der Waals surface area contributed by atoms with Crippen molar-refractivity contribution in [2.24, 2.45) is 5.73 Å². The Bertz CT molecular complexity index is 726. The zero-order valence-corrected chi connectivity index (χ0v) is 12.4. The van der Waals surface area contributed by atoms with Gasteiger partial charge in [-0.1, -0.05) is 12.1 Å². The molecular formula is C16H14F3N3O2. The van der Waals surface area contributed by atoms with Crippen molar-refractivity contribution in [3.63, 3.8) is 0 Å². The van der Waals surface area contributed by atoms with Crippen molar-refractivity contribution in [3.8, 4) is 0 Å². The highest BCUT2D eigenvalue weighted by atomic mass is 19.4. The lowest BCUT2D eigenvalue weighted by Gasteiger charge is -2.09. The Labute approximate surface area is 135 Å². The van der Waals surface area contributed by atoms with Crippen LogP contribution in [0.2, 0.25) is 0 Å². The number of hydrogen-bond acceptors (Lipinski definition) is 2. The van der Waals surface area contributed by atoms with Gasteiger partial charge in [0.25, 0.3) is 5.91 Å². The Morgan fingerprint density at radius 3 is 2.04 bits per heavy atom. The van der Waals surface area contributed by atoms with Crippen molar-refractivity contribution in [2.45, 2.75) is 12.7 Å². The van der Waals surface area contributed by atoms with Gasteiger partial charge in [-0.05, 0) is 42.0 Å². The van der Waals surface area contributed by atoms with Crippen molar-refractivity contribution in [1.29, 1.82) is 0 Å². The van der Waals surface area contributed by atoms with Crippen molar-refractivity contribution in [2.75, 3.05) is 5.32 Å². The predicted molar refractivity (Wildman–Crippen MR) is 82.3 cm³/mol. The van der Waals surface area contributed by atoms with Gasteiger partial charge in [0.15, 0.2) is 0 Å². The standard InChI is InChI=1S/C16H14F3N3O2/c17-16(18,19)12-5-1-10(2-6-12)9-21-14(23)11-3-7-13(8-4-11)22-15(20)24/h1-8H,9H2,(H,21,23)(H3,20,22,24). The first-order chi connectivity index (χ1) is 11.3. The molecule has 2 rings (SSSR count). The molecule has 126 valence electrons. The predicted octanol–water partition coefficient (Wildman–Crippen LogP) is 3.13. The molecule has 0 aliphatic heterocycles. The third-order valence-electron chi connectivity index (χ3n) is 3.15. The van der Waals surface area contributed by atoms with Crippen LogP contribution in [0.5, 0.6) is 0 Å². The maximum atomic E-state index is 12.5. The van der Waals surface area contributed by atoms with Gasteiger partial charge in [0.05, 0.1) is 5.56 Å². The number of nitrogens with one attached hydrogen (secondary N) is 2. The lowest BCUT2D eigenvalue weighted by atomic mass is 10.1. The third-order valence-corrected chi connectivity index (χ3v) is 3.15. The molecule has 2 aromatic rings. The van der Waals surface area contributed by atoms with Gasteiger partial charge in [-0.2, -0.15) is 13.2 Å². The summed E-state index contributed by atoms with van der Waals surface area (Å²) in [5.74, 6) is -0.388. The highest BCUT2D eigenvalue weighted by molar-refractivity contribution is 5.95. The zero-order valence-electron chi connectivity index (χ0n) is 12.4. The number of urea groups is 1. The molecule has 0 saturated heterocycles. The fraction of sp³-hybridized carbons (Fsp3) is 0.125. The van der Waals surface area contributed by atoms with Crippen LogP contribution in [0.4, 0.5) is 23.7 Å². The summed E-state index contributed by atoms with van der Waals surface area (Å²) in [4.78, 5) is 22.7. The molecule has 0 radical (unpaired) electrons. The van der Waals surface area contributed by atoms with E-state index in [-0.39, 0.29) is 12.5 Å². The van der Waals surface area contributed by atoms with E-state index in [9.17, 15) is 22.8 Å². The number of benzene rings is 2. The molecule has 0 aliphatic rings. The number of hydrogen-bond donors (Lipinski definition) is 3. The van der Waals surface area contributed by atoms with Gasteiger partial charge in [0, 0.05) is 17.8 Å². The van der Waals surface area contributed by atoms with Crippen LogP contribution >= 0.6 is 0 Å². The van der Waals surface area contributed by atoms with E-state index in [1.54, 1.807) is 0 Å². The number of amides is 3. The lowest BCUT2D eigenvalue weighted by Crippen LogP contribution is -2.23. The van der Waals surface area contributed by atoms with Crippen LogP contribution < -0.4 is 16.4 Å². The molecule has 0 aliphatic carbocycles. The Hall–Kier alpha value is -3.03. The summed E-state index contributed by atoms with van der Waals surface area (Å²) in [5.41, 5.74) is 5.57. The average Bonchev–Trinajstić information content (AvgIpc) is 2.52. The van der Waals surface area contributed by atoms with Gasteiger partial charge >= 0.3 is 12.2 Å². The first-order valence-corrected chi connectivity index (χ1v) is 6.86. The molecule has 0 heterocycles. The van der Waals surface area contributed by atoms with Gasteiger partial charge < -0.3 is 16.4 Å². The molecule has 0 bridgehead atoms. The van der Waals surface area contributed by atoms with Crippen LogP contribution in [0.3, 0.4) is 0 Å². The molecule has 0 fully saturated rings. The minimum atomic E-state index is -4.39. The largest absolute Gasteiger partial charge is 0.416 e. The quantitative estimate of drug-likeness (QED) is 0.801. The van der Waals surface area contributed by atoms with Crippen LogP contribution in [-0.4, -0.2) is 11.9 Å². The number of rotatable bonds is 4. The van der Waals surface area contributed by atoms with Crippen LogP contribution in [0, 0.1) is 0 Å². The summed E-state index contributed by atoms with van der Waals surface area (Å²) in [6, 6.07) is 9.84. The summed E-state index contributed by atoms with van der Waals surface area (Å²) < 4.78 is 37.4. The topological polar surface area (TPSA) is 84.2 Å². The Kier molecular flexibility index (Phi) is 5.08. The second kappa shape index (κ2) is 7.03. The molecule has 0 saturated carbocycles. The van der Waals surface area contributed by atoms with Gasteiger partial charge in [0.1, 0.15) is 0 Å². The molecule has 0 atom stereocenters. The molecule has 24 heavy (non-hydrogen) atoms. The summed E-state index contributed by atoms with van der Waals surface area (Å²) >= 11 is 0. The van der Waals surface area contributed by atoms with Crippen LogP contribution in [0.1, 0.15) is 21.5 Å². The highest BCUT2D eigenvalue weighted by Gasteiger charge is 2.29. The maximum Gasteiger partial charge on any atom is 0.416 e. The van der Waals surface area contributed by atoms with Gasteiger partial charge in [-0.15, -0.1) is 0 Å². The van der Waals surface area contributed by atoms with E-state index >= 15 is 0 Å². The fourth-order valence-electron chi connectivity index (χ4n) is 1.94. The van der Waals surface area contributed by atoms with Crippen molar-refractivity contribution >= 4 is 17.6 Å². The fourth-order valence-corrected chi connectivity index (χ4v) is 1.94. The number of carbonyl (C=O) groups excluding carboxylic acids is 2. The van der Waals surface area contributed by atoms with Crippen molar-refractivity contribution < 1.29 is 22.8 Å². The monoisotopic (exact) mass is 337 g/mol. The lowest BCUT2D eigenvalue weighted by molar-refractivity contribution is -0.137. The van der Waals surface area contributed by atoms with E-state index in [1.165, 1.54) is 36.4 Å². The van der Waals surface area contributed by atoms with E-state index in [1.807, 2.05) is 0 Å². The van der Waals surface area contributed by atoms with E-state index in [0.29, 0.717) is 16.8 Å². The Morgan fingerprint density at radius 2 is 1.54 bits per heavy atom.